The van der Waals surface area contributed by atoms with Crippen LogP contribution in [0.5, 0.6) is 11.5 Å². The molecule has 4 aromatic carbocycles. The Labute approximate surface area is 328 Å². The van der Waals surface area contributed by atoms with E-state index in [0.29, 0.717) is 21.5 Å². The third-order valence-corrected chi connectivity index (χ3v) is 9.10. The summed E-state index contributed by atoms with van der Waals surface area (Å²) >= 11 is 13.6. The number of fused-ring (bicyclic) bond motifs is 2. The molecular formula is C40H36Cl2N3NaO5. The van der Waals surface area contributed by atoms with Gasteiger partial charge in [0.15, 0.2) is 0 Å². The van der Waals surface area contributed by atoms with Gasteiger partial charge in [-0.25, -0.2) is 9.97 Å². The van der Waals surface area contributed by atoms with Gasteiger partial charge in [0.2, 0.25) is 0 Å². The molecule has 0 amide bonds. The molecular weight excluding hydrogens is 696 g/mol. The maximum absolute atomic E-state index is 10.9. The zero-order valence-corrected chi connectivity index (χ0v) is 28.9. The van der Waals surface area contributed by atoms with Crippen molar-refractivity contribution in [3.05, 3.63) is 142 Å². The minimum absolute atomic E-state index is 0. The number of rotatable bonds is 15. The van der Waals surface area contributed by atoms with Crippen molar-refractivity contribution in [2.45, 2.75) is 38.4 Å². The molecule has 2 aromatic heterocycles. The van der Waals surface area contributed by atoms with Gasteiger partial charge in [0, 0.05) is 28.3 Å². The summed E-state index contributed by atoms with van der Waals surface area (Å²) in [6.45, 7) is 2.50. The standard InChI is InChI=1S/C40H35Cl2N3O5.Na.H/c1-40(22-30(43)23-48-19-18-39(46)47,28-12-16-37(33(41)20-28)49-24-31-14-10-26-6-2-4-8-35(26)44-31)29-13-17-38(34(42)21-29)50-25-32-15-11-27-7-3-5-9-36(27)45-32;;/h2-17,20-21,43H,18-19,22-25H2,1H3,(H,46,47);;. The molecule has 0 radical (unpaired) electrons. The van der Waals surface area contributed by atoms with E-state index < -0.39 is 11.4 Å². The zero-order chi connectivity index (χ0) is 35.1. The number of nitrogens with zero attached hydrogens (tertiary/aromatic N) is 2. The van der Waals surface area contributed by atoms with Crippen LogP contribution in [0.4, 0.5) is 0 Å². The first kappa shape index (κ1) is 38.2. The molecule has 0 aliphatic carbocycles. The number of aliphatic carboxylic acids is 1. The van der Waals surface area contributed by atoms with E-state index in [4.69, 9.17) is 47.9 Å². The van der Waals surface area contributed by atoms with Crippen LogP contribution in [0.25, 0.3) is 21.8 Å². The van der Waals surface area contributed by atoms with Crippen molar-refractivity contribution in [3.63, 3.8) is 0 Å². The Bertz CT molecular complexity index is 2050. The van der Waals surface area contributed by atoms with Gasteiger partial charge in [0.1, 0.15) is 24.7 Å². The summed E-state index contributed by atoms with van der Waals surface area (Å²) in [5, 5.41) is 20.6. The van der Waals surface area contributed by atoms with Crippen molar-refractivity contribution in [2.75, 3.05) is 13.2 Å². The van der Waals surface area contributed by atoms with E-state index in [2.05, 4.69) is 9.97 Å². The number of ether oxygens (including phenoxy) is 3. The molecule has 0 saturated carbocycles. The number of carboxylic acids is 1. The number of hydrogen-bond acceptors (Lipinski definition) is 7. The maximum atomic E-state index is 10.9. The Morgan fingerprint density at radius 1 is 0.745 bits per heavy atom. The van der Waals surface area contributed by atoms with Crippen molar-refractivity contribution in [1.29, 1.82) is 5.41 Å². The first-order valence-electron chi connectivity index (χ1n) is 16.1. The molecule has 11 heteroatoms. The number of aromatic nitrogens is 2. The predicted octanol–water partition coefficient (Wildman–Crippen LogP) is 8.81. The topological polar surface area (TPSA) is 115 Å². The van der Waals surface area contributed by atoms with E-state index in [9.17, 15) is 4.79 Å². The monoisotopic (exact) mass is 731 g/mol. The van der Waals surface area contributed by atoms with E-state index in [0.717, 1.165) is 44.3 Å². The molecule has 0 aliphatic heterocycles. The SMILES string of the molecule is CC(CC(=N)COCCC(=O)O)(c1ccc(OCc2ccc3ccccc3n2)c(Cl)c1)c1ccc(OCc2ccc3ccccc3n2)c(Cl)c1.[NaH]. The fraction of sp³-hybridized carbons (Fsp3) is 0.200. The Morgan fingerprint density at radius 3 is 1.71 bits per heavy atom. The van der Waals surface area contributed by atoms with Gasteiger partial charge in [0.05, 0.1) is 52.1 Å². The molecule has 51 heavy (non-hydrogen) atoms. The van der Waals surface area contributed by atoms with Crippen molar-refractivity contribution in [3.8, 4) is 11.5 Å². The van der Waals surface area contributed by atoms with E-state index in [1.807, 2.05) is 116 Å². The zero-order valence-electron chi connectivity index (χ0n) is 27.4. The molecule has 0 spiro atoms. The minimum atomic E-state index is -0.955. The number of para-hydroxylation sites is 2. The van der Waals surface area contributed by atoms with Crippen molar-refractivity contribution in [1.82, 2.24) is 9.97 Å². The average molecular weight is 733 g/mol. The number of carbonyl (C=O) groups is 1. The summed E-state index contributed by atoms with van der Waals surface area (Å²) in [5.74, 6) is 0.0517. The number of hydrogen-bond donors (Lipinski definition) is 2. The van der Waals surface area contributed by atoms with E-state index in [-0.39, 0.29) is 74.5 Å². The van der Waals surface area contributed by atoms with Crippen LogP contribution in [0.3, 0.4) is 0 Å². The molecule has 2 N–H and O–H groups in total. The second kappa shape index (κ2) is 17.5. The number of halogens is 2. The quantitative estimate of drug-likeness (QED) is 0.0616. The molecule has 0 aliphatic rings. The van der Waals surface area contributed by atoms with Gasteiger partial charge in [-0.15, -0.1) is 0 Å². The van der Waals surface area contributed by atoms with Gasteiger partial charge >= 0.3 is 35.5 Å². The van der Waals surface area contributed by atoms with Crippen molar-refractivity contribution in [2.24, 2.45) is 0 Å². The number of benzene rings is 4. The van der Waals surface area contributed by atoms with E-state index >= 15 is 0 Å². The first-order valence-corrected chi connectivity index (χ1v) is 16.8. The Hall–Kier alpha value is -4.02. The van der Waals surface area contributed by atoms with Gasteiger partial charge in [-0.05, 0) is 59.7 Å². The number of carboxylic acid groups (broad SMARTS) is 1. The van der Waals surface area contributed by atoms with Crippen molar-refractivity contribution < 1.29 is 24.1 Å². The van der Waals surface area contributed by atoms with Gasteiger partial charge in [-0.2, -0.15) is 0 Å². The number of pyridine rings is 2. The molecule has 256 valence electrons. The third-order valence-electron chi connectivity index (χ3n) is 8.50. The predicted molar refractivity (Wildman–Crippen MR) is 204 cm³/mol. The summed E-state index contributed by atoms with van der Waals surface area (Å²) in [7, 11) is 0. The molecule has 0 unspecified atom stereocenters. The summed E-state index contributed by atoms with van der Waals surface area (Å²) in [6, 6.07) is 34.9. The molecule has 0 atom stereocenters. The molecule has 6 rings (SSSR count). The second-order valence-corrected chi connectivity index (χ2v) is 13.0. The summed E-state index contributed by atoms with van der Waals surface area (Å²) in [6.07, 6.45) is 0.122. The molecule has 6 aromatic rings. The van der Waals surface area contributed by atoms with Crippen LogP contribution in [0.2, 0.25) is 10.0 Å². The molecule has 8 nitrogen and oxygen atoms in total. The fourth-order valence-corrected chi connectivity index (χ4v) is 6.28. The van der Waals surface area contributed by atoms with Gasteiger partial charge in [-0.3, -0.25) is 4.79 Å². The van der Waals surface area contributed by atoms with Crippen LogP contribution >= 0.6 is 23.2 Å². The first-order chi connectivity index (χ1) is 24.2. The average Bonchev–Trinajstić information content (AvgIpc) is 3.12. The third kappa shape index (κ3) is 9.65. The second-order valence-electron chi connectivity index (χ2n) is 12.2. The van der Waals surface area contributed by atoms with E-state index in [1.54, 1.807) is 0 Å². The van der Waals surface area contributed by atoms with E-state index in [1.165, 1.54) is 0 Å². The molecule has 0 fully saturated rings. The Kier molecular flexibility index (Phi) is 13.1. The fourth-order valence-electron chi connectivity index (χ4n) is 5.81. The van der Waals surface area contributed by atoms with Crippen LogP contribution in [0.15, 0.2) is 109 Å². The summed E-state index contributed by atoms with van der Waals surface area (Å²) < 4.78 is 17.7. The van der Waals surface area contributed by atoms with Gasteiger partial charge in [0.25, 0.3) is 0 Å². The van der Waals surface area contributed by atoms with Crippen LogP contribution in [0.1, 0.15) is 42.3 Å². The van der Waals surface area contributed by atoms with Gasteiger partial charge in [-0.1, -0.05) is 90.8 Å². The van der Waals surface area contributed by atoms with Crippen molar-refractivity contribution >= 4 is 86.2 Å². The molecule has 0 bridgehead atoms. The normalized spacial score (nSPS) is 11.3. The van der Waals surface area contributed by atoms with Crippen LogP contribution < -0.4 is 9.47 Å². The number of nitrogens with one attached hydrogen (secondary N) is 1. The van der Waals surface area contributed by atoms with Crippen LogP contribution in [-0.2, 0) is 28.2 Å². The van der Waals surface area contributed by atoms with Crippen LogP contribution in [-0.4, -0.2) is 69.5 Å². The van der Waals surface area contributed by atoms with Gasteiger partial charge < -0.3 is 24.7 Å². The molecule has 0 saturated heterocycles. The summed E-state index contributed by atoms with van der Waals surface area (Å²) in [5.41, 5.74) is 4.52. The Morgan fingerprint density at radius 2 is 1.24 bits per heavy atom. The summed E-state index contributed by atoms with van der Waals surface area (Å²) in [4.78, 5) is 20.3. The van der Waals surface area contributed by atoms with Crippen LogP contribution in [0, 0.1) is 5.41 Å². The Balaban J connectivity index is 0.00000504. The molecule has 2 heterocycles.